The van der Waals surface area contributed by atoms with Crippen LogP contribution in [0.15, 0.2) is 29.2 Å². The van der Waals surface area contributed by atoms with Crippen LogP contribution in [-0.4, -0.2) is 57.1 Å². The fourth-order valence-electron chi connectivity index (χ4n) is 1.66. The molecule has 0 spiro atoms. The lowest BCUT2D eigenvalue weighted by Crippen LogP contribution is -2.41. The summed E-state index contributed by atoms with van der Waals surface area (Å²) in [4.78, 5) is 23.4. The molecule has 0 aliphatic heterocycles. The highest BCUT2D eigenvalue weighted by Crippen LogP contribution is 2.09. The van der Waals surface area contributed by atoms with E-state index in [0.29, 0.717) is 0 Å². The van der Waals surface area contributed by atoms with Crippen molar-refractivity contribution in [3.8, 4) is 0 Å². The summed E-state index contributed by atoms with van der Waals surface area (Å²) in [6.45, 7) is 2.08. The van der Waals surface area contributed by atoms with Gasteiger partial charge in [0.1, 0.15) is 0 Å². The quantitative estimate of drug-likeness (QED) is 0.591. The highest BCUT2D eigenvalue weighted by molar-refractivity contribution is 7.89. The lowest BCUT2D eigenvalue weighted by molar-refractivity contribution is -0.137. The SMILES string of the molecule is Cc1ccc(S(=O)(=O)NCCNC(=O)N(C)CCC(=O)O)cc1. The zero-order chi connectivity index (χ0) is 17.5. The van der Waals surface area contributed by atoms with Gasteiger partial charge in [0, 0.05) is 26.7 Å². The van der Waals surface area contributed by atoms with Crippen LogP contribution in [-0.2, 0) is 14.8 Å². The molecule has 0 radical (unpaired) electrons. The van der Waals surface area contributed by atoms with E-state index >= 15 is 0 Å². The van der Waals surface area contributed by atoms with Gasteiger partial charge in [-0.2, -0.15) is 0 Å². The number of aliphatic carboxylic acids is 1. The minimum Gasteiger partial charge on any atom is -0.481 e. The molecular formula is C14H21N3O5S. The molecule has 23 heavy (non-hydrogen) atoms. The molecule has 1 aromatic carbocycles. The monoisotopic (exact) mass is 343 g/mol. The number of carbonyl (C=O) groups is 2. The van der Waals surface area contributed by atoms with E-state index in [0.717, 1.165) is 5.56 Å². The fourth-order valence-corrected chi connectivity index (χ4v) is 2.69. The molecule has 0 aromatic heterocycles. The number of rotatable bonds is 8. The van der Waals surface area contributed by atoms with Gasteiger partial charge in [0.05, 0.1) is 11.3 Å². The van der Waals surface area contributed by atoms with Crippen LogP contribution in [0.5, 0.6) is 0 Å². The molecule has 1 aromatic rings. The first-order valence-electron chi connectivity index (χ1n) is 6.99. The second-order valence-electron chi connectivity index (χ2n) is 5.01. The van der Waals surface area contributed by atoms with Gasteiger partial charge in [0.25, 0.3) is 0 Å². The summed E-state index contributed by atoms with van der Waals surface area (Å²) in [6, 6.07) is 5.97. The summed E-state index contributed by atoms with van der Waals surface area (Å²) in [5.74, 6) is -0.990. The number of sulfonamides is 1. The second-order valence-corrected chi connectivity index (χ2v) is 6.78. The predicted molar refractivity (Wildman–Crippen MR) is 84.6 cm³/mol. The van der Waals surface area contributed by atoms with Gasteiger partial charge >= 0.3 is 12.0 Å². The molecule has 0 saturated carbocycles. The Labute approximate surface area is 135 Å². The van der Waals surface area contributed by atoms with E-state index < -0.39 is 22.0 Å². The number of carboxylic acids is 1. The minimum atomic E-state index is -3.61. The van der Waals surface area contributed by atoms with Crippen molar-refractivity contribution >= 4 is 22.0 Å². The van der Waals surface area contributed by atoms with E-state index in [1.54, 1.807) is 12.1 Å². The summed E-state index contributed by atoms with van der Waals surface area (Å²) in [5.41, 5.74) is 0.959. The third-order valence-corrected chi connectivity index (χ3v) is 4.51. The van der Waals surface area contributed by atoms with E-state index in [2.05, 4.69) is 10.0 Å². The summed E-state index contributed by atoms with van der Waals surface area (Å²) in [5, 5.41) is 11.0. The topological polar surface area (TPSA) is 116 Å². The Morgan fingerprint density at radius 1 is 1.17 bits per heavy atom. The number of amides is 2. The maximum absolute atomic E-state index is 12.0. The second kappa shape index (κ2) is 8.49. The van der Waals surface area contributed by atoms with Gasteiger partial charge in [-0.15, -0.1) is 0 Å². The molecule has 0 bridgehead atoms. The van der Waals surface area contributed by atoms with Crippen molar-refractivity contribution in [2.24, 2.45) is 0 Å². The maximum Gasteiger partial charge on any atom is 0.317 e. The number of carboxylic acid groups (broad SMARTS) is 1. The van der Waals surface area contributed by atoms with Crippen LogP contribution in [0.25, 0.3) is 0 Å². The Balaban J connectivity index is 2.37. The molecule has 0 heterocycles. The first kappa shape index (κ1) is 18.9. The third-order valence-electron chi connectivity index (χ3n) is 3.03. The van der Waals surface area contributed by atoms with Crippen LogP contribution in [0.4, 0.5) is 4.79 Å². The van der Waals surface area contributed by atoms with E-state index in [9.17, 15) is 18.0 Å². The van der Waals surface area contributed by atoms with Crippen molar-refractivity contribution in [1.29, 1.82) is 0 Å². The number of urea groups is 1. The Hall–Kier alpha value is -2.13. The highest BCUT2D eigenvalue weighted by Gasteiger charge is 2.13. The van der Waals surface area contributed by atoms with Crippen molar-refractivity contribution in [1.82, 2.24) is 14.9 Å². The number of hydrogen-bond donors (Lipinski definition) is 3. The molecule has 1 rings (SSSR count). The Morgan fingerprint density at radius 2 is 1.78 bits per heavy atom. The van der Waals surface area contributed by atoms with Gasteiger partial charge in [-0.25, -0.2) is 17.9 Å². The molecule has 0 fully saturated rings. The average molecular weight is 343 g/mol. The first-order chi connectivity index (χ1) is 10.7. The standard InChI is InChI=1S/C14H21N3O5S/c1-11-3-5-12(6-4-11)23(21,22)16-9-8-15-14(20)17(2)10-7-13(18)19/h3-6,16H,7-10H2,1-2H3,(H,15,20)(H,18,19). The number of nitrogens with one attached hydrogen (secondary N) is 2. The smallest absolute Gasteiger partial charge is 0.317 e. The molecule has 0 atom stereocenters. The number of aryl methyl sites for hydroxylation is 1. The van der Waals surface area contributed by atoms with Gasteiger partial charge in [0.15, 0.2) is 0 Å². The van der Waals surface area contributed by atoms with Gasteiger partial charge in [-0.3, -0.25) is 4.79 Å². The lowest BCUT2D eigenvalue weighted by Gasteiger charge is -2.17. The molecular weight excluding hydrogens is 322 g/mol. The van der Waals surface area contributed by atoms with E-state index in [4.69, 9.17) is 5.11 Å². The lowest BCUT2D eigenvalue weighted by atomic mass is 10.2. The number of nitrogens with zero attached hydrogens (tertiary/aromatic N) is 1. The van der Waals surface area contributed by atoms with Crippen LogP contribution >= 0.6 is 0 Å². The average Bonchev–Trinajstić information content (AvgIpc) is 2.49. The molecule has 0 aliphatic rings. The molecule has 9 heteroatoms. The molecule has 128 valence electrons. The Morgan fingerprint density at radius 3 is 2.35 bits per heavy atom. The van der Waals surface area contributed by atoms with E-state index in [1.165, 1.54) is 24.1 Å². The van der Waals surface area contributed by atoms with Crippen molar-refractivity contribution in [3.05, 3.63) is 29.8 Å². The van der Waals surface area contributed by atoms with E-state index in [1.807, 2.05) is 6.92 Å². The van der Waals surface area contributed by atoms with Crippen molar-refractivity contribution < 1.29 is 23.1 Å². The molecule has 8 nitrogen and oxygen atoms in total. The minimum absolute atomic E-state index is 0.0364. The zero-order valence-electron chi connectivity index (χ0n) is 13.1. The zero-order valence-corrected chi connectivity index (χ0v) is 13.9. The molecule has 0 aliphatic carbocycles. The maximum atomic E-state index is 12.0. The highest BCUT2D eigenvalue weighted by atomic mass is 32.2. The van der Waals surface area contributed by atoms with Gasteiger partial charge < -0.3 is 15.3 Å². The Bertz CT molecular complexity index is 643. The summed E-state index contributed by atoms with van der Waals surface area (Å²) >= 11 is 0. The third kappa shape index (κ3) is 6.66. The van der Waals surface area contributed by atoms with Crippen LogP contribution in [0.2, 0.25) is 0 Å². The van der Waals surface area contributed by atoms with Crippen LogP contribution in [0.3, 0.4) is 0 Å². The normalized spacial score (nSPS) is 11.0. The van der Waals surface area contributed by atoms with Crippen molar-refractivity contribution in [2.45, 2.75) is 18.2 Å². The van der Waals surface area contributed by atoms with Crippen molar-refractivity contribution in [3.63, 3.8) is 0 Å². The molecule has 2 amide bonds. The van der Waals surface area contributed by atoms with Gasteiger partial charge in [-0.1, -0.05) is 17.7 Å². The molecule has 0 unspecified atom stereocenters. The number of hydrogen-bond acceptors (Lipinski definition) is 4. The van der Waals surface area contributed by atoms with Crippen LogP contribution < -0.4 is 10.0 Å². The van der Waals surface area contributed by atoms with E-state index in [-0.39, 0.29) is 31.0 Å². The predicted octanol–water partition coefficient (Wildman–Crippen LogP) is 0.389. The largest absolute Gasteiger partial charge is 0.481 e. The number of benzene rings is 1. The van der Waals surface area contributed by atoms with Gasteiger partial charge in [0.2, 0.25) is 10.0 Å². The number of carbonyl (C=O) groups excluding carboxylic acids is 1. The Kier molecular flexibility index (Phi) is 6.98. The summed E-state index contributed by atoms with van der Waals surface area (Å²) < 4.78 is 26.4. The van der Waals surface area contributed by atoms with Gasteiger partial charge in [-0.05, 0) is 19.1 Å². The fraction of sp³-hybridized carbons (Fsp3) is 0.429. The van der Waals surface area contributed by atoms with Crippen LogP contribution in [0.1, 0.15) is 12.0 Å². The molecule has 0 saturated heterocycles. The van der Waals surface area contributed by atoms with Crippen LogP contribution in [0, 0.1) is 6.92 Å². The summed E-state index contributed by atoms with van der Waals surface area (Å²) in [7, 11) is -2.14. The summed E-state index contributed by atoms with van der Waals surface area (Å²) in [6.07, 6.45) is -0.149. The molecule has 3 N–H and O–H groups in total. The first-order valence-corrected chi connectivity index (χ1v) is 8.48. The van der Waals surface area contributed by atoms with Crippen molar-refractivity contribution in [2.75, 3.05) is 26.7 Å².